The predicted octanol–water partition coefficient (Wildman–Crippen LogP) is 3.50. The Bertz CT molecular complexity index is 1110. The third-order valence-corrected chi connectivity index (χ3v) is 5.44. The monoisotopic (exact) mass is 415 g/mol. The number of amides is 1. The lowest BCUT2D eigenvalue weighted by atomic mass is 10.2. The van der Waals surface area contributed by atoms with Gasteiger partial charge in [0.1, 0.15) is 11.5 Å². The maximum Gasteiger partial charge on any atom is 0.265 e. The Balaban J connectivity index is 1.63. The van der Waals surface area contributed by atoms with E-state index < -0.39 is 16.1 Å². The van der Waals surface area contributed by atoms with E-state index in [1.54, 1.807) is 19.9 Å². The number of anilines is 2. The van der Waals surface area contributed by atoms with Crippen molar-refractivity contribution in [2.75, 3.05) is 10.0 Å². The Labute approximate surface area is 168 Å². The van der Waals surface area contributed by atoms with Crippen molar-refractivity contribution >= 4 is 27.4 Å². The summed E-state index contributed by atoms with van der Waals surface area (Å²) in [4.78, 5) is 12.4. The molecule has 1 aromatic heterocycles. The molecule has 0 unspecified atom stereocenters. The van der Waals surface area contributed by atoms with Gasteiger partial charge in [-0.3, -0.25) is 9.52 Å². The molecule has 2 N–H and O–H groups in total. The molecule has 0 fully saturated rings. The quantitative estimate of drug-likeness (QED) is 0.611. The number of carbonyl (C=O) groups excluding carboxylic acids is 1. The third kappa shape index (κ3) is 5.14. The largest absolute Gasteiger partial charge is 0.481 e. The fourth-order valence-electron chi connectivity index (χ4n) is 2.51. The summed E-state index contributed by atoms with van der Waals surface area (Å²) in [5.74, 6) is 0.871. The standard InChI is InChI=1S/C20H21N3O5S/c1-13-6-4-5-7-18(13)27-15(3)20(24)21-16-8-10-17(11-9-16)29(25,26)23-19-12-14(2)28-22-19/h4-12,15H,1-3H3,(H,21,24)(H,22,23)/t15-/m1/s1. The second-order valence-corrected chi connectivity index (χ2v) is 8.15. The van der Waals surface area contributed by atoms with Crippen molar-refractivity contribution in [3.63, 3.8) is 0 Å². The lowest BCUT2D eigenvalue weighted by Gasteiger charge is -2.16. The van der Waals surface area contributed by atoms with Crippen molar-refractivity contribution in [3.05, 3.63) is 65.9 Å². The van der Waals surface area contributed by atoms with Crippen molar-refractivity contribution in [2.24, 2.45) is 0 Å². The summed E-state index contributed by atoms with van der Waals surface area (Å²) < 4.78 is 37.6. The highest BCUT2D eigenvalue weighted by Gasteiger charge is 2.18. The Kier molecular flexibility index (Phi) is 5.88. The van der Waals surface area contributed by atoms with Gasteiger partial charge in [-0.1, -0.05) is 23.4 Å². The topological polar surface area (TPSA) is 111 Å². The molecule has 3 rings (SSSR count). The van der Waals surface area contributed by atoms with E-state index in [-0.39, 0.29) is 16.6 Å². The molecule has 2 aromatic carbocycles. The van der Waals surface area contributed by atoms with Gasteiger partial charge in [0.15, 0.2) is 11.9 Å². The molecule has 29 heavy (non-hydrogen) atoms. The van der Waals surface area contributed by atoms with E-state index in [9.17, 15) is 13.2 Å². The first-order chi connectivity index (χ1) is 13.7. The number of nitrogens with zero attached hydrogens (tertiary/aromatic N) is 1. The Morgan fingerprint density at radius 1 is 1.10 bits per heavy atom. The van der Waals surface area contributed by atoms with E-state index in [1.165, 1.54) is 30.3 Å². The van der Waals surface area contributed by atoms with Gasteiger partial charge in [0.2, 0.25) is 0 Å². The second kappa shape index (κ2) is 8.36. The van der Waals surface area contributed by atoms with Crippen LogP contribution in [0.4, 0.5) is 11.5 Å². The van der Waals surface area contributed by atoms with Crippen molar-refractivity contribution in [2.45, 2.75) is 31.8 Å². The van der Waals surface area contributed by atoms with Gasteiger partial charge in [0.25, 0.3) is 15.9 Å². The number of hydrogen-bond donors (Lipinski definition) is 2. The molecule has 1 amide bonds. The summed E-state index contributed by atoms with van der Waals surface area (Å²) >= 11 is 0. The first-order valence-corrected chi connectivity index (χ1v) is 10.3. The Morgan fingerprint density at radius 3 is 2.41 bits per heavy atom. The number of aromatic nitrogens is 1. The molecule has 0 spiro atoms. The molecule has 9 heteroatoms. The number of para-hydroxylation sites is 1. The molecule has 8 nitrogen and oxygen atoms in total. The third-order valence-electron chi connectivity index (χ3n) is 4.07. The van der Waals surface area contributed by atoms with Crippen LogP contribution in [0, 0.1) is 13.8 Å². The summed E-state index contributed by atoms with van der Waals surface area (Å²) in [5, 5.41) is 6.31. The van der Waals surface area contributed by atoms with Crippen LogP contribution in [0.5, 0.6) is 5.75 Å². The van der Waals surface area contributed by atoms with Gasteiger partial charge in [-0.15, -0.1) is 0 Å². The van der Waals surface area contributed by atoms with Gasteiger partial charge in [0.05, 0.1) is 4.90 Å². The van der Waals surface area contributed by atoms with Crippen molar-refractivity contribution in [1.29, 1.82) is 0 Å². The molecule has 0 aliphatic heterocycles. The zero-order chi connectivity index (χ0) is 21.0. The van der Waals surface area contributed by atoms with Crippen LogP contribution >= 0.6 is 0 Å². The van der Waals surface area contributed by atoms with Crippen molar-refractivity contribution in [3.8, 4) is 5.75 Å². The van der Waals surface area contributed by atoms with Crippen molar-refractivity contribution < 1.29 is 22.5 Å². The van der Waals surface area contributed by atoms with Gasteiger partial charge >= 0.3 is 0 Å². The molecule has 0 bridgehead atoms. The van der Waals surface area contributed by atoms with Gasteiger partial charge in [0, 0.05) is 11.8 Å². The van der Waals surface area contributed by atoms with E-state index in [4.69, 9.17) is 9.26 Å². The van der Waals surface area contributed by atoms with E-state index >= 15 is 0 Å². The number of aryl methyl sites for hydroxylation is 2. The number of carbonyl (C=O) groups is 1. The average Bonchev–Trinajstić information content (AvgIpc) is 3.08. The molecule has 1 atom stereocenters. The summed E-state index contributed by atoms with van der Waals surface area (Å²) in [6.45, 7) is 5.20. The minimum absolute atomic E-state index is 0.0281. The van der Waals surface area contributed by atoms with Crippen LogP contribution in [-0.4, -0.2) is 25.6 Å². The first-order valence-electron chi connectivity index (χ1n) is 8.84. The molecule has 0 aliphatic rings. The fraction of sp³-hybridized carbons (Fsp3) is 0.200. The highest BCUT2D eigenvalue weighted by molar-refractivity contribution is 7.92. The summed E-state index contributed by atoms with van der Waals surface area (Å²) in [5.41, 5.74) is 1.38. The molecule has 1 heterocycles. The molecule has 0 saturated heterocycles. The zero-order valence-corrected chi connectivity index (χ0v) is 17.0. The SMILES string of the molecule is Cc1cc(NS(=O)(=O)c2ccc(NC(=O)[C@@H](C)Oc3ccccc3C)cc2)no1. The van der Waals surface area contributed by atoms with E-state index in [0.717, 1.165) is 5.56 Å². The van der Waals surface area contributed by atoms with Crippen LogP contribution < -0.4 is 14.8 Å². The van der Waals surface area contributed by atoms with Crippen LogP contribution in [0.2, 0.25) is 0 Å². The smallest absolute Gasteiger partial charge is 0.265 e. The maximum absolute atomic E-state index is 12.4. The predicted molar refractivity (Wildman–Crippen MR) is 108 cm³/mol. The van der Waals surface area contributed by atoms with E-state index in [0.29, 0.717) is 17.2 Å². The molecule has 3 aromatic rings. The Hall–Kier alpha value is -3.33. The van der Waals surface area contributed by atoms with Crippen LogP contribution in [0.3, 0.4) is 0 Å². The molecule has 0 aliphatic carbocycles. The molecule has 152 valence electrons. The number of benzene rings is 2. The molecule has 0 saturated carbocycles. The van der Waals surface area contributed by atoms with Crippen LogP contribution in [0.1, 0.15) is 18.2 Å². The number of ether oxygens (including phenoxy) is 1. The van der Waals surface area contributed by atoms with Gasteiger partial charge in [-0.25, -0.2) is 8.42 Å². The molecule has 0 radical (unpaired) electrons. The van der Waals surface area contributed by atoms with Crippen LogP contribution in [0.25, 0.3) is 0 Å². The normalized spacial score (nSPS) is 12.2. The Morgan fingerprint density at radius 2 is 1.79 bits per heavy atom. The van der Waals surface area contributed by atoms with E-state index in [2.05, 4.69) is 15.2 Å². The zero-order valence-electron chi connectivity index (χ0n) is 16.2. The highest BCUT2D eigenvalue weighted by Crippen LogP contribution is 2.20. The van der Waals surface area contributed by atoms with Crippen LogP contribution in [-0.2, 0) is 14.8 Å². The maximum atomic E-state index is 12.4. The van der Waals surface area contributed by atoms with Crippen molar-refractivity contribution in [1.82, 2.24) is 5.16 Å². The molecular formula is C20H21N3O5S. The average molecular weight is 415 g/mol. The molecular weight excluding hydrogens is 394 g/mol. The van der Waals surface area contributed by atoms with Gasteiger partial charge in [-0.05, 0) is 56.7 Å². The highest BCUT2D eigenvalue weighted by atomic mass is 32.2. The van der Waals surface area contributed by atoms with E-state index in [1.807, 2.05) is 25.1 Å². The fourth-order valence-corrected chi connectivity index (χ4v) is 3.49. The number of rotatable bonds is 7. The van der Waals surface area contributed by atoms with Gasteiger partial charge in [-0.2, -0.15) is 0 Å². The summed E-state index contributed by atoms with van der Waals surface area (Å²) in [7, 11) is -3.82. The summed E-state index contributed by atoms with van der Waals surface area (Å²) in [6, 6.07) is 14.7. The minimum Gasteiger partial charge on any atom is -0.481 e. The van der Waals surface area contributed by atoms with Crippen LogP contribution in [0.15, 0.2) is 64.0 Å². The second-order valence-electron chi connectivity index (χ2n) is 6.47. The number of nitrogens with one attached hydrogen (secondary N) is 2. The number of hydrogen-bond acceptors (Lipinski definition) is 6. The lowest BCUT2D eigenvalue weighted by Crippen LogP contribution is -2.30. The number of sulfonamides is 1. The van der Waals surface area contributed by atoms with Gasteiger partial charge < -0.3 is 14.6 Å². The minimum atomic E-state index is -3.82. The summed E-state index contributed by atoms with van der Waals surface area (Å²) in [6.07, 6.45) is -0.725. The first kappa shape index (κ1) is 20.4. The lowest BCUT2D eigenvalue weighted by molar-refractivity contribution is -0.122.